The molecule has 2 amide bonds. The van der Waals surface area contributed by atoms with Crippen LogP contribution < -0.4 is 10.6 Å². The number of carboxylic acids is 1. The van der Waals surface area contributed by atoms with E-state index in [4.69, 9.17) is 5.11 Å². The summed E-state index contributed by atoms with van der Waals surface area (Å²) in [5, 5.41) is 12.8. The second kappa shape index (κ2) is 6.78. The molecule has 0 saturated heterocycles. The fourth-order valence-electron chi connectivity index (χ4n) is 1.35. The lowest BCUT2D eigenvalue weighted by molar-refractivity contribution is -0.141. The van der Waals surface area contributed by atoms with E-state index in [2.05, 4.69) is 5.32 Å². The number of nitrogens with one attached hydrogen (secondary N) is 2. The SMILES string of the molecule is CC(CCNC(=O)Nc1c(F)cc(F)cc1F)C(=O)O. The first-order valence-corrected chi connectivity index (χ1v) is 5.73. The molecule has 0 aliphatic heterocycles. The highest BCUT2D eigenvalue weighted by Gasteiger charge is 2.15. The third-order valence-electron chi connectivity index (χ3n) is 2.53. The van der Waals surface area contributed by atoms with E-state index in [0.29, 0.717) is 12.1 Å². The molecule has 1 aromatic rings. The summed E-state index contributed by atoms with van der Waals surface area (Å²) in [6.45, 7) is 1.48. The van der Waals surface area contributed by atoms with Gasteiger partial charge in [0.05, 0.1) is 5.92 Å². The molecule has 0 radical (unpaired) electrons. The van der Waals surface area contributed by atoms with Crippen molar-refractivity contribution in [2.24, 2.45) is 5.92 Å². The Labute approximate surface area is 112 Å². The van der Waals surface area contributed by atoms with E-state index in [1.807, 2.05) is 5.32 Å². The Morgan fingerprint density at radius 1 is 1.25 bits per heavy atom. The number of carbonyl (C=O) groups excluding carboxylic acids is 1. The van der Waals surface area contributed by atoms with Gasteiger partial charge >= 0.3 is 12.0 Å². The fourth-order valence-corrected chi connectivity index (χ4v) is 1.35. The van der Waals surface area contributed by atoms with Crippen molar-refractivity contribution in [3.63, 3.8) is 0 Å². The summed E-state index contributed by atoms with van der Waals surface area (Å²) in [7, 11) is 0. The molecule has 0 saturated carbocycles. The number of urea groups is 1. The van der Waals surface area contributed by atoms with Crippen molar-refractivity contribution in [1.29, 1.82) is 0 Å². The minimum atomic E-state index is -1.24. The van der Waals surface area contributed by atoms with Gasteiger partial charge < -0.3 is 15.7 Å². The summed E-state index contributed by atoms with van der Waals surface area (Å²) < 4.78 is 39.1. The first kappa shape index (κ1) is 15.8. The molecule has 1 atom stereocenters. The van der Waals surface area contributed by atoms with E-state index in [1.54, 1.807) is 0 Å². The van der Waals surface area contributed by atoms with Crippen LogP contribution in [-0.4, -0.2) is 23.7 Å². The molecule has 20 heavy (non-hydrogen) atoms. The number of carbonyl (C=O) groups is 2. The van der Waals surface area contributed by atoms with E-state index >= 15 is 0 Å². The van der Waals surface area contributed by atoms with Crippen LogP contribution in [0.3, 0.4) is 0 Å². The molecule has 0 aliphatic carbocycles. The maximum atomic E-state index is 13.2. The maximum Gasteiger partial charge on any atom is 0.319 e. The number of hydrogen-bond acceptors (Lipinski definition) is 2. The Hall–Kier alpha value is -2.25. The third kappa shape index (κ3) is 4.45. The number of aliphatic carboxylic acids is 1. The molecule has 0 aromatic heterocycles. The van der Waals surface area contributed by atoms with Crippen LogP contribution in [-0.2, 0) is 4.79 Å². The number of hydrogen-bond donors (Lipinski definition) is 3. The number of benzene rings is 1. The highest BCUT2D eigenvalue weighted by molar-refractivity contribution is 5.89. The minimum absolute atomic E-state index is 0.0176. The molecule has 8 heteroatoms. The van der Waals surface area contributed by atoms with Crippen molar-refractivity contribution in [2.75, 3.05) is 11.9 Å². The Balaban J connectivity index is 2.53. The Morgan fingerprint density at radius 3 is 2.30 bits per heavy atom. The monoisotopic (exact) mass is 290 g/mol. The Morgan fingerprint density at radius 2 is 1.80 bits per heavy atom. The van der Waals surface area contributed by atoms with E-state index < -0.39 is 41.1 Å². The number of amides is 2. The third-order valence-corrected chi connectivity index (χ3v) is 2.53. The number of carboxylic acid groups (broad SMARTS) is 1. The van der Waals surface area contributed by atoms with E-state index in [9.17, 15) is 22.8 Å². The normalized spacial score (nSPS) is 11.8. The summed E-state index contributed by atoms with van der Waals surface area (Å²) in [5.41, 5.74) is -0.768. The smallest absolute Gasteiger partial charge is 0.319 e. The fraction of sp³-hybridized carbons (Fsp3) is 0.333. The number of anilines is 1. The van der Waals surface area contributed by atoms with Gasteiger partial charge in [0.15, 0.2) is 11.6 Å². The molecule has 1 rings (SSSR count). The average molecular weight is 290 g/mol. The van der Waals surface area contributed by atoms with Crippen molar-refractivity contribution in [3.05, 3.63) is 29.6 Å². The van der Waals surface area contributed by atoms with Gasteiger partial charge in [-0.15, -0.1) is 0 Å². The molecule has 0 heterocycles. The quantitative estimate of drug-likeness (QED) is 0.778. The van der Waals surface area contributed by atoms with Crippen LogP contribution in [0.15, 0.2) is 12.1 Å². The van der Waals surface area contributed by atoms with Crippen molar-refractivity contribution in [3.8, 4) is 0 Å². The van der Waals surface area contributed by atoms with Gasteiger partial charge in [-0.2, -0.15) is 0 Å². The molecule has 0 fully saturated rings. The van der Waals surface area contributed by atoms with Crippen LogP contribution in [0.4, 0.5) is 23.7 Å². The van der Waals surface area contributed by atoms with Gasteiger partial charge in [0.2, 0.25) is 0 Å². The molecule has 110 valence electrons. The van der Waals surface area contributed by atoms with Crippen LogP contribution in [0, 0.1) is 23.4 Å². The van der Waals surface area contributed by atoms with Crippen LogP contribution in [0.1, 0.15) is 13.3 Å². The predicted molar refractivity (Wildman–Crippen MR) is 64.8 cm³/mol. The zero-order valence-electron chi connectivity index (χ0n) is 10.5. The molecule has 1 aromatic carbocycles. The van der Waals surface area contributed by atoms with E-state index in [0.717, 1.165) is 0 Å². The predicted octanol–water partition coefficient (Wildman–Crippen LogP) is 2.34. The minimum Gasteiger partial charge on any atom is -0.481 e. The van der Waals surface area contributed by atoms with Crippen molar-refractivity contribution in [2.45, 2.75) is 13.3 Å². The van der Waals surface area contributed by atoms with Gasteiger partial charge in [0.25, 0.3) is 0 Å². The van der Waals surface area contributed by atoms with Crippen LogP contribution in [0.25, 0.3) is 0 Å². The summed E-state index contributed by atoms with van der Waals surface area (Å²) in [4.78, 5) is 21.9. The number of rotatable bonds is 5. The second-order valence-corrected chi connectivity index (χ2v) is 4.15. The van der Waals surface area contributed by atoms with Crippen LogP contribution in [0.2, 0.25) is 0 Å². The molecular weight excluding hydrogens is 277 g/mol. The maximum absolute atomic E-state index is 13.2. The highest BCUT2D eigenvalue weighted by Crippen LogP contribution is 2.19. The van der Waals surface area contributed by atoms with E-state index in [1.165, 1.54) is 6.92 Å². The van der Waals surface area contributed by atoms with Gasteiger partial charge in [0.1, 0.15) is 11.5 Å². The lowest BCUT2D eigenvalue weighted by Gasteiger charge is -2.10. The van der Waals surface area contributed by atoms with Crippen LogP contribution >= 0.6 is 0 Å². The molecule has 0 bridgehead atoms. The Kier molecular flexibility index (Phi) is 5.36. The van der Waals surface area contributed by atoms with Gasteiger partial charge in [-0.3, -0.25) is 4.79 Å². The zero-order chi connectivity index (χ0) is 15.3. The van der Waals surface area contributed by atoms with Crippen LogP contribution in [0.5, 0.6) is 0 Å². The van der Waals surface area contributed by atoms with Crippen molar-refractivity contribution < 1.29 is 27.9 Å². The average Bonchev–Trinajstić information content (AvgIpc) is 2.33. The molecular formula is C12H13F3N2O3. The largest absolute Gasteiger partial charge is 0.481 e. The van der Waals surface area contributed by atoms with Gasteiger partial charge in [0, 0.05) is 18.7 Å². The number of halogens is 3. The Bertz CT molecular complexity index is 500. The molecule has 5 nitrogen and oxygen atoms in total. The molecule has 0 aliphatic rings. The topological polar surface area (TPSA) is 78.4 Å². The van der Waals surface area contributed by atoms with Crippen molar-refractivity contribution >= 4 is 17.7 Å². The highest BCUT2D eigenvalue weighted by atomic mass is 19.1. The standard InChI is InChI=1S/C12H13F3N2O3/c1-6(11(18)19)2-3-16-12(20)17-10-8(14)4-7(13)5-9(10)15/h4-6H,2-3H2,1H3,(H,18,19)(H2,16,17,20). The van der Waals surface area contributed by atoms with Crippen molar-refractivity contribution in [1.82, 2.24) is 5.32 Å². The molecule has 0 spiro atoms. The second-order valence-electron chi connectivity index (χ2n) is 4.15. The van der Waals surface area contributed by atoms with Gasteiger partial charge in [-0.25, -0.2) is 18.0 Å². The first-order chi connectivity index (χ1) is 9.31. The molecule has 3 N–H and O–H groups in total. The summed E-state index contributed by atoms with van der Waals surface area (Å²) in [5.74, 6) is -5.24. The zero-order valence-corrected chi connectivity index (χ0v) is 10.5. The first-order valence-electron chi connectivity index (χ1n) is 5.73. The lowest BCUT2D eigenvalue weighted by Crippen LogP contribution is -2.31. The van der Waals surface area contributed by atoms with Gasteiger partial charge in [-0.05, 0) is 6.42 Å². The van der Waals surface area contributed by atoms with E-state index in [-0.39, 0.29) is 13.0 Å². The summed E-state index contributed by atoms with van der Waals surface area (Å²) in [6.07, 6.45) is 0.164. The van der Waals surface area contributed by atoms with Gasteiger partial charge in [-0.1, -0.05) is 6.92 Å². The lowest BCUT2D eigenvalue weighted by atomic mass is 10.1. The summed E-state index contributed by atoms with van der Waals surface area (Å²) >= 11 is 0. The molecule has 1 unspecified atom stereocenters. The summed E-state index contributed by atoms with van der Waals surface area (Å²) in [6, 6.07) is -0.0388.